The van der Waals surface area contributed by atoms with Gasteiger partial charge >= 0.3 is 0 Å². The number of nitrogen functional groups attached to an aromatic ring is 1. The van der Waals surface area contributed by atoms with Crippen molar-refractivity contribution in [2.75, 3.05) is 5.73 Å². The summed E-state index contributed by atoms with van der Waals surface area (Å²) in [6.07, 6.45) is 4.49. The molecule has 100 valence electrons. The quantitative estimate of drug-likeness (QED) is 0.742. The standard InChI is InChI=1S/C15H15N5/c16-13-8-12(14-15(17-13)19-20-18-14)7-9-4-5-10-2-1-3-11(10)6-9/h4-6,8H,1-3,7H2,(H3,16,17,18,19,20). The van der Waals surface area contributed by atoms with E-state index in [9.17, 15) is 0 Å². The number of aryl methyl sites for hydroxylation is 2. The summed E-state index contributed by atoms with van der Waals surface area (Å²) in [4.78, 5) is 4.17. The Morgan fingerprint density at radius 3 is 2.95 bits per heavy atom. The smallest absolute Gasteiger partial charge is 0.203 e. The van der Waals surface area contributed by atoms with Gasteiger partial charge in [-0.2, -0.15) is 10.3 Å². The highest BCUT2D eigenvalue weighted by Crippen LogP contribution is 2.25. The summed E-state index contributed by atoms with van der Waals surface area (Å²) in [6.45, 7) is 0. The van der Waals surface area contributed by atoms with Gasteiger partial charge in [0.05, 0.1) is 0 Å². The Bertz CT molecular complexity index is 790. The summed E-state index contributed by atoms with van der Waals surface area (Å²) in [7, 11) is 0. The number of aromatic nitrogens is 4. The van der Waals surface area contributed by atoms with Gasteiger partial charge in [0.2, 0.25) is 5.65 Å². The molecular formula is C15H15N5. The van der Waals surface area contributed by atoms with E-state index in [0.29, 0.717) is 11.5 Å². The summed E-state index contributed by atoms with van der Waals surface area (Å²) < 4.78 is 0. The average Bonchev–Trinajstić information content (AvgIpc) is 3.05. The van der Waals surface area contributed by atoms with Crippen molar-refractivity contribution in [2.45, 2.75) is 25.7 Å². The van der Waals surface area contributed by atoms with Gasteiger partial charge in [-0.3, -0.25) is 0 Å². The first-order valence-corrected chi connectivity index (χ1v) is 6.86. The summed E-state index contributed by atoms with van der Waals surface area (Å²) in [5.41, 5.74) is 12.6. The van der Waals surface area contributed by atoms with E-state index in [0.717, 1.165) is 17.5 Å². The van der Waals surface area contributed by atoms with Crippen LogP contribution in [0.15, 0.2) is 24.3 Å². The third-order valence-electron chi connectivity index (χ3n) is 3.95. The molecule has 20 heavy (non-hydrogen) atoms. The predicted molar refractivity (Wildman–Crippen MR) is 77.4 cm³/mol. The van der Waals surface area contributed by atoms with Crippen LogP contribution in [-0.2, 0) is 19.3 Å². The molecule has 0 unspecified atom stereocenters. The minimum absolute atomic E-state index is 0.488. The van der Waals surface area contributed by atoms with Crippen LogP contribution in [0.2, 0.25) is 0 Å². The van der Waals surface area contributed by atoms with Crippen molar-refractivity contribution < 1.29 is 0 Å². The van der Waals surface area contributed by atoms with Gasteiger partial charge in [0.1, 0.15) is 11.3 Å². The molecule has 1 aliphatic rings. The van der Waals surface area contributed by atoms with E-state index in [1.54, 1.807) is 0 Å². The van der Waals surface area contributed by atoms with Crippen molar-refractivity contribution in [3.63, 3.8) is 0 Å². The molecule has 0 amide bonds. The highest BCUT2D eigenvalue weighted by Gasteiger charge is 2.13. The maximum atomic E-state index is 5.83. The van der Waals surface area contributed by atoms with Crippen molar-refractivity contribution >= 4 is 17.0 Å². The molecule has 5 nitrogen and oxygen atoms in total. The van der Waals surface area contributed by atoms with Gasteiger partial charge in [-0.25, -0.2) is 4.98 Å². The fraction of sp³-hybridized carbons (Fsp3) is 0.267. The number of anilines is 1. The Labute approximate surface area is 116 Å². The number of hydrogen-bond acceptors (Lipinski definition) is 4. The molecular weight excluding hydrogens is 250 g/mol. The molecule has 0 fully saturated rings. The maximum absolute atomic E-state index is 5.83. The van der Waals surface area contributed by atoms with E-state index in [1.807, 2.05) is 6.07 Å². The molecule has 0 atom stereocenters. The number of pyridine rings is 1. The van der Waals surface area contributed by atoms with Crippen LogP contribution in [0.1, 0.15) is 28.7 Å². The summed E-state index contributed by atoms with van der Waals surface area (Å²) in [5, 5.41) is 10.8. The molecule has 0 radical (unpaired) electrons. The lowest BCUT2D eigenvalue weighted by Crippen LogP contribution is -1.97. The Hall–Kier alpha value is -2.43. The van der Waals surface area contributed by atoms with Gasteiger partial charge in [-0.05, 0) is 54.0 Å². The number of nitrogens with zero attached hydrogens (tertiary/aromatic N) is 3. The molecule has 0 spiro atoms. The number of H-pyrrole nitrogens is 1. The van der Waals surface area contributed by atoms with E-state index < -0.39 is 0 Å². The molecule has 0 aliphatic heterocycles. The molecule has 4 rings (SSSR count). The van der Waals surface area contributed by atoms with Gasteiger partial charge in [0.15, 0.2) is 0 Å². The molecule has 1 aromatic carbocycles. The first-order chi connectivity index (χ1) is 9.79. The Morgan fingerprint density at radius 2 is 2.00 bits per heavy atom. The Balaban J connectivity index is 1.75. The van der Waals surface area contributed by atoms with Crippen LogP contribution >= 0.6 is 0 Å². The molecule has 0 saturated heterocycles. The molecule has 1 aliphatic carbocycles. The zero-order valence-electron chi connectivity index (χ0n) is 11.1. The fourth-order valence-electron chi connectivity index (χ4n) is 3.01. The van der Waals surface area contributed by atoms with Crippen molar-refractivity contribution in [3.8, 4) is 0 Å². The normalized spacial score (nSPS) is 13.8. The van der Waals surface area contributed by atoms with Crippen molar-refractivity contribution in [1.82, 2.24) is 20.4 Å². The van der Waals surface area contributed by atoms with Gasteiger partial charge in [-0.15, -0.1) is 5.10 Å². The largest absolute Gasteiger partial charge is 0.384 e. The van der Waals surface area contributed by atoms with Crippen LogP contribution in [0.25, 0.3) is 11.2 Å². The second-order valence-corrected chi connectivity index (χ2v) is 5.34. The van der Waals surface area contributed by atoms with E-state index in [2.05, 4.69) is 38.6 Å². The van der Waals surface area contributed by atoms with Crippen LogP contribution < -0.4 is 5.73 Å². The lowest BCUT2D eigenvalue weighted by molar-refractivity contribution is 0.911. The number of nitrogens with one attached hydrogen (secondary N) is 1. The van der Waals surface area contributed by atoms with Crippen molar-refractivity contribution in [3.05, 3.63) is 46.5 Å². The second-order valence-electron chi connectivity index (χ2n) is 5.34. The first kappa shape index (κ1) is 11.4. The van der Waals surface area contributed by atoms with Crippen LogP contribution in [0.5, 0.6) is 0 Å². The average molecular weight is 265 g/mol. The van der Waals surface area contributed by atoms with E-state index >= 15 is 0 Å². The first-order valence-electron chi connectivity index (χ1n) is 6.86. The third kappa shape index (κ3) is 1.82. The Morgan fingerprint density at radius 1 is 1.10 bits per heavy atom. The van der Waals surface area contributed by atoms with Crippen molar-refractivity contribution in [1.29, 1.82) is 0 Å². The van der Waals surface area contributed by atoms with Gasteiger partial charge < -0.3 is 5.73 Å². The monoisotopic (exact) mass is 265 g/mol. The maximum Gasteiger partial charge on any atom is 0.203 e. The molecule has 2 aromatic heterocycles. The minimum atomic E-state index is 0.488. The summed E-state index contributed by atoms with van der Waals surface area (Å²) >= 11 is 0. The second kappa shape index (κ2) is 4.30. The topological polar surface area (TPSA) is 80.5 Å². The number of fused-ring (bicyclic) bond motifs is 2. The zero-order chi connectivity index (χ0) is 13.5. The fourth-order valence-corrected chi connectivity index (χ4v) is 3.01. The number of rotatable bonds is 2. The highest BCUT2D eigenvalue weighted by molar-refractivity contribution is 5.76. The lowest BCUT2D eigenvalue weighted by atomic mass is 10.0. The lowest BCUT2D eigenvalue weighted by Gasteiger charge is -2.06. The van der Waals surface area contributed by atoms with Gasteiger partial charge in [0.25, 0.3) is 0 Å². The zero-order valence-corrected chi connectivity index (χ0v) is 11.1. The molecule has 0 bridgehead atoms. The Kier molecular flexibility index (Phi) is 2.45. The molecule has 0 saturated carbocycles. The van der Waals surface area contributed by atoms with Crippen LogP contribution in [0, 0.1) is 0 Å². The number of hydrogen-bond donors (Lipinski definition) is 2. The minimum Gasteiger partial charge on any atom is -0.384 e. The van der Waals surface area contributed by atoms with Gasteiger partial charge in [-0.1, -0.05) is 18.2 Å². The molecule has 3 N–H and O–H groups in total. The number of nitrogens with two attached hydrogens (primary N) is 1. The van der Waals surface area contributed by atoms with Crippen LogP contribution in [0.3, 0.4) is 0 Å². The number of benzene rings is 1. The van der Waals surface area contributed by atoms with E-state index in [-0.39, 0.29) is 0 Å². The predicted octanol–water partition coefficient (Wildman–Crippen LogP) is 2.01. The molecule has 2 heterocycles. The third-order valence-corrected chi connectivity index (χ3v) is 3.95. The van der Waals surface area contributed by atoms with Crippen molar-refractivity contribution in [2.24, 2.45) is 0 Å². The molecule has 5 heteroatoms. The van der Waals surface area contributed by atoms with Gasteiger partial charge in [0, 0.05) is 0 Å². The van der Waals surface area contributed by atoms with E-state index in [4.69, 9.17) is 5.73 Å². The number of aromatic amines is 1. The summed E-state index contributed by atoms with van der Waals surface area (Å²) in [5.74, 6) is 0.488. The van der Waals surface area contributed by atoms with Crippen LogP contribution in [0.4, 0.5) is 5.82 Å². The molecule has 3 aromatic rings. The van der Waals surface area contributed by atoms with E-state index in [1.165, 1.54) is 36.0 Å². The highest BCUT2D eigenvalue weighted by atomic mass is 15.3. The SMILES string of the molecule is Nc1cc(Cc2ccc3c(c2)CCC3)c2n[nH]nc2n1. The summed E-state index contributed by atoms with van der Waals surface area (Å²) in [6, 6.07) is 8.65. The van der Waals surface area contributed by atoms with Crippen LogP contribution in [-0.4, -0.2) is 20.4 Å².